The maximum absolute atomic E-state index is 5.90. The molecule has 0 radical (unpaired) electrons. The lowest BCUT2D eigenvalue weighted by atomic mass is 10.1. The molecule has 0 aromatic heterocycles. The summed E-state index contributed by atoms with van der Waals surface area (Å²) in [4.78, 5) is 0. The number of benzene rings is 1. The van der Waals surface area contributed by atoms with Crippen molar-refractivity contribution in [3.63, 3.8) is 0 Å². The molecule has 1 aromatic carbocycles. The maximum atomic E-state index is 5.90. The minimum atomic E-state index is -0.0460. The number of hydrogen-bond donors (Lipinski definition) is 1. The monoisotopic (exact) mass is 235 g/mol. The van der Waals surface area contributed by atoms with Crippen molar-refractivity contribution < 1.29 is 9.47 Å². The number of methoxy groups -OCH3 is 1. The third-order valence-electron chi connectivity index (χ3n) is 2.52. The molecule has 0 bridgehead atoms. The summed E-state index contributed by atoms with van der Waals surface area (Å²) in [6.45, 7) is 6.29. The fourth-order valence-electron chi connectivity index (χ4n) is 1.55. The average Bonchev–Trinajstić information content (AvgIpc) is 2.34. The molecule has 0 heterocycles. The van der Waals surface area contributed by atoms with Crippen molar-refractivity contribution in [1.82, 2.24) is 0 Å². The normalized spacial score (nSPS) is 11.9. The van der Waals surface area contributed by atoms with Crippen LogP contribution in [-0.4, -0.2) is 13.7 Å². The Morgan fingerprint density at radius 1 is 1.47 bits per heavy atom. The quantitative estimate of drug-likeness (QED) is 0.583. The highest BCUT2D eigenvalue weighted by molar-refractivity contribution is 5.42. The van der Waals surface area contributed by atoms with Crippen molar-refractivity contribution in [2.45, 2.75) is 25.8 Å². The molecule has 3 heteroatoms. The molecular formula is C14H21NO2. The molecule has 0 aliphatic carbocycles. The number of rotatable bonds is 7. The molecule has 0 unspecified atom stereocenters. The number of nitrogens with two attached hydrogens (primary N) is 1. The summed E-state index contributed by atoms with van der Waals surface area (Å²) in [6, 6.07) is 5.68. The Morgan fingerprint density at radius 3 is 2.82 bits per heavy atom. The fraction of sp³-hybridized carbons (Fsp3) is 0.429. The van der Waals surface area contributed by atoms with Gasteiger partial charge in [0.1, 0.15) is 11.5 Å². The van der Waals surface area contributed by atoms with Crippen LogP contribution in [0.2, 0.25) is 0 Å². The van der Waals surface area contributed by atoms with Gasteiger partial charge in [-0.3, -0.25) is 0 Å². The van der Waals surface area contributed by atoms with Crippen molar-refractivity contribution in [3.8, 4) is 11.5 Å². The molecule has 94 valence electrons. The Kier molecular flexibility index (Phi) is 5.57. The minimum absolute atomic E-state index is 0.0460. The van der Waals surface area contributed by atoms with E-state index in [4.69, 9.17) is 15.2 Å². The summed E-state index contributed by atoms with van der Waals surface area (Å²) >= 11 is 0. The molecule has 0 amide bonds. The highest BCUT2D eigenvalue weighted by atomic mass is 16.5. The van der Waals surface area contributed by atoms with Gasteiger partial charge in [0.05, 0.1) is 13.7 Å². The molecule has 0 saturated heterocycles. The van der Waals surface area contributed by atoms with Crippen LogP contribution >= 0.6 is 0 Å². The predicted octanol–water partition coefficient (Wildman–Crippen LogP) is 3.06. The van der Waals surface area contributed by atoms with Crippen molar-refractivity contribution in [1.29, 1.82) is 0 Å². The van der Waals surface area contributed by atoms with Crippen LogP contribution in [0.25, 0.3) is 0 Å². The van der Waals surface area contributed by atoms with E-state index in [1.165, 1.54) is 0 Å². The van der Waals surface area contributed by atoms with Gasteiger partial charge in [0.25, 0.3) is 0 Å². The summed E-state index contributed by atoms with van der Waals surface area (Å²) in [5.41, 5.74) is 6.90. The third-order valence-corrected chi connectivity index (χ3v) is 2.52. The number of unbranched alkanes of at least 4 members (excludes halogenated alkanes) is 1. The molecule has 17 heavy (non-hydrogen) atoms. The van der Waals surface area contributed by atoms with Gasteiger partial charge >= 0.3 is 0 Å². The standard InChI is InChI=1S/C14H21NO2/c1-4-5-6-9-17-14-10-12(16-3)7-8-13(14)11(2)15/h4,7-8,10-11H,1,5-6,9,15H2,2-3H3/t11-/m1/s1. The van der Waals surface area contributed by atoms with Gasteiger partial charge in [-0.05, 0) is 25.8 Å². The van der Waals surface area contributed by atoms with E-state index in [0.29, 0.717) is 6.61 Å². The predicted molar refractivity (Wildman–Crippen MR) is 70.5 cm³/mol. The van der Waals surface area contributed by atoms with E-state index in [2.05, 4.69) is 6.58 Å². The van der Waals surface area contributed by atoms with E-state index in [9.17, 15) is 0 Å². The van der Waals surface area contributed by atoms with E-state index in [-0.39, 0.29) is 6.04 Å². The third kappa shape index (κ3) is 4.11. The smallest absolute Gasteiger partial charge is 0.127 e. The van der Waals surface area contributed by atoms with E-state index >= 15 is 0 Å². The second-order valence-corrected chi connectivity index (χ2v) is 3.97. The van der Waals surface area contributed by atoms with Gasteiger partial charge in [0.2, 0.25) is 0 Å². The first-order chi connectivity index (χ1) is 8.19. The van der Waals surface area contributed by atoms with E-state index in [1.807, 2.05) is 31.2 Å². The molecular weight excluding hydrogens is 214 g/mol. The van der Waals surface area contributed by atoms with Gasteiger partial charge in [-0.15, -0.1) is 6.58 Å². The molecule has 2 N–H and O–H groups in total. The van der Waals surface area contributed by atoms with Gasteiger partial charge in [0, 0.05) is 17.7 Å². The Bertz CT molecular complexity index is 361. The summed E-state index contributed by atoms with van der Waals surface area (Å²) in [5, 5.41) is 0. The second-order valence-electron chi connectivity index (χ2n) is 3.97. The van der Waals surface area contributed by atoms with Crippen LogP contribution in [0.1, 0.15) is 31.4 Å². The number of allylic oxidation sites excluding steroid dienone is 1. The van der Waals surface area contributed by atoms with Gasteiger partial charge in [-0.25, -0.2) is 0 Å². The Morgan fingerprint density at radius 2 is 2.24 bits per heavy atom. The molecule has 0 aliphatic rings. The zero-order valence-corrected chi connectivity index (χ0v) is 10.6. The van der Waals surface area contributed by atoms with Crippen LogP contribution in [0.15, 0.2) is 30.9 Å². The van der Waals surface area contributed by atoms with Crippen LogP contribution in [-0.2, 0) is 0 Å². The fourth-order valence-corrected chi connectivity index (χ4v) is 1.55. The average molecular weight is 235 g/mol. The molecule has 1 rings (SSSR count). The molecule has 0 aliphatic heterocycles. The largest absolute Gasteiger partial charge is 0.497 e. The van der Waals surface area contributed by atoms with E-state index in [0.717, 1.165) is 29.9 Å². The van der Waals surface area contributed by atoms with Crippen molar-refractivity contribution in [2.24, 2.45) is 5.73 Å². The highest BCUT2D eigenvalue weighted by Gasteiger charge is 2.09. The topological polar surface area (TPSA) is 44.5 Å². The Balaban J connectivity index is 2.74. The zero-order chi connectivity index (χ0) is 12.7. The SMILES string of the molecule is C=CCCCOc1cc(OC)ccc1[C@@H](C)N. The molecule has 1 atom stereocenters. The molecule has 1 aromatic rings. The first kappa shape index (κ1) is 13.6. The van der Waals surface area contributed by atoms with Gasteiger partial charge < -0.3 is 15.2 Å². The van der Waals surface area contributed by atoms with E-state index < -0.39 is 0 Å². The van der Waals surface area contributed by atoms with Crippen LogP contribution in [0.3, 0.4) is 0 Å². The first-order valence-corrected chi connectivity index (χ1v) is 5.86. The highest BCUT2D eigenvalue weighted by Crippen LogP contribution is 2.28. The lowest BCUT2D eigenvalue weighted by molar-refractivity contribution is 0.305. The first-order valence-electron chi connectivity index (χ1n) is 5.86. The Hall–Kier alpha value is -1.48. The summed E-state index contributed by atoms with van der Waals surface area (Å²) in [5.74, 6) is 1.59. The van der Waals surface area contributed by atoms with Crippen LogP contribution in [0.5, 0.6) is 11.5 Å². The van der Waals surface area contributed by atoms with Crippen LogP contribution in [0, 0.1) is 0 Å². The molecule has 0 fully saturated rings. The molecule has 0 saturated carbocycles. The van der Waals surface area contributed by atoms with Crippen LogP contribution < -0.4 is 15.2 Å². The van der Waals surface area contributed by atoms with Crippen molar-refractivity contribution >= 4 is 0 Å². The summed E-state index contributed by atoms with van der Waals surface area (Å²) in [6.07, 6.45) is 3.80. The van der Waals surface area contributed by atoms with Gasteiger partial charge in [-0.1, -0.05) is 12.1 Å². The Labute approximate surface area is 103 Å². The number of hydrogen-bond acceptors (Lipinski definition) is 3. The minimum Gasteiger partial charge on any atom is -0.497 e. The van der Waals surface area contributed by atoms with Gasteiger partial charge in [0.15, 0.2) is 0 Å². The molecule has 0 spiro atoms. The lowest BCUT2D eigenvalue weighted by Crippen LogP contribution is -2.08. The van der Waals surface area contributed by atoms with Crippen LogP contribution in [0.4, 0.5) is 0 Å². The molecule has 3 nitrogen and oxygen atoms in total. The second kappa shape index (κ2) is 6.97. The maximum Gasteiger partial charge on any atom is 0.127 e. The van der Waals surface area contributed by atoms with E-state index in [1.54, 1.807) is 7.11 Å². The lowest BCUT2D eigenvalue weighted by Gasteiger charge is -2.15. The van der Waals surface area contributed by atoms with Crippen molar-refractivity contribution in [3.05, 3.63) is 36.4 Å². The summed E-state index contributed by atoms with van der Waals surface area (Å²) < 4.78 is 10.9. The van der Waals surface area contributed by atoms with Gasteiger partial charge in [-0.2, -0.15) is 0 Å². The van der Waals surface area contributed by atoms with Crippen molar-refractivity contribution in [2.75, 3.05) is 13.7 Å². The zero-order valence-electron chi connectivity index (χ0n) is 10.6. The summed E-state index contributed by atoms with van der Waals surface area (Å²) in [7, 11) is 1.64. The number of ether oxygens (including phenoxy) is 2.